The standard InChI is InChI=1S/C22H23N3OS2/c1-3-12-25(22-24-18-6-4-5-7-19(18)28-22)20(26)13-17-14-27-21(23-17)16-10-8-15(2)9-11-16/h3,8-11,14H,1,4-7,12-13H2,2H3. The molecule has 0 fully saturated rings. The Morgan fingerprint density at radius 3 is 2.75 bits per heavy atom. The van der Waals surface area contributed by atoms with Crippen LogP contribution in [0.2, 0.25) is 0 Å². The number of anilines is 1. The second kappa shape index (κ2) is 8.37. The van der Waals surface area contributed by atoms with Gasteiger partial charge in [-0.05, 0) is 32.6 Å². The van der Waals surface area contributed by atoms with Gasteiger partial charge in [0.25, 0.3) is 0 Å². The zero-order valence-corrected chi connectivity index (χ0v) is 17.6. The smallest absolute Gasteiger partial charge is 0.235 e. The van der Waals surface area contributed by atoms with Crippen LogP contribution < -0.4 is 4.90 Å². The van der Waals surface area contributed by atoms with Crippen LogP contribution >= 0.6 is 22.7 Å². The zero-order valence-electron chi connectivity index (χ0n) is 16.0. The molecule has 6 heteroatoms. The van der Waals surface area contributed by atoms with Crippen molar-refractivity contribution in [2.45, 2.75) is 39.0 Å². The van der Waals surface area contributed by atoms with Crippen LogP contribution in [0.25, 0.3) is 10.6 Å². The molecule has 28 heavy (non-hydrogen) atoms. The Labute approximate surface area is 173 Å². The predicted octanol–water partition coefficient (Wildman–Crippen LogP) is 5.22. The minimum atomic E-state index is 0.0201. The van der Waals surface area contributed by atoms with Crippen LogP contribution in [-0.2, 0) is 24.1 Å². The number of rotatable bonds is 6. The fourth-order valence-corrected chi connectivity index (χ4v) is 5.34. The number of aromatic nitrogens is 2. The molecular weight excluding hydrogens is 386 g/mol. The number of hydrogen-bond acceptors (Lipinski definition) is 5. The third-order valence-electron chi connectivity index (χ3n) is 4.86. The normalized spacial score (nSPS) is 13.2. The summed E-state index contributed by atoms with van der Waals surface area (Å²) in [7, 11) is 0. The van der Waals surface area contributed by atoms with Crippen molar-refractivity contribution in [1.82, 2.24) is 9.97 Å². The molecule has 1 aromatic carbocycles. The highest BCUT2D eigenvalue weighted by atomic mass is 32.1. The van der Waals surface area contributed by atoms with E-state index in [4.69, 9.17) is 4.98 Å². The molecule has 0 saturated carbocycles. The summed E-state index contributed by atoms with van der Waals surface area (Å²) in [6, 6.07) is 8.31. The maximum Gasteiger partial charge on any atom is 0.235 e. The van der Waals surface area contributed by atoms with E-state index in [0.717, 1.165) is 34.2 Å². The van der Waals surface area contributed by atoms with Crippen molar-refractivity contribution in [3.63, 3.8) is 0 Å². The highest BCUT2D eigenvalue weighted by Gasteiger charge is 2.23. The molecule has 144 valence electrons. The summed E-state index contributed by atoms with van der Waals surface area (Å²) < 4.78 is 0. The Balaban J connectivity index is 1.51. The van der Waals surface area contributed by atoms with Crippen molar-refractivity contribution in [2.24, 2.45) is 0 Å². The summed E-state index contributed by atoms with van der Waals surface area (Å²) in [5, 5.41) is 3.72. The van der Waals surface area contributed by atoms with Gasteiger partial charge in [0, 0.05) is 22.4 Å². The van der Waals surface area contributed by atoms with Gasteiger partial charge in [0.15, 0.2) is 5.13 Å². The highest BCUT2D eigenvalue weighted by Crippen LogP contribution is 2.32. The van der Waals surface area contributed by atoms with E-state index in [2.05, 4.69) is 42.8 Å². The van der Waals surface area contributed by atoms with Crippen LogP contribution in [0, 0.1) is 6.92 Å². The molecular formula is C22H23N3OS2. The first-order valence-electron chi connectivity index (χ1n) is 9.55. The molecule has 1 aliphatic carbocycles. The van der Waals surface area contributed by atoms with Gasteiger partial charge in [0.05, 0.1) is 17.8 Å². The molecule has 0 atom stereocenters. The van der Waals surface area contributed by atoms with Gasteiger partial charge in [-0.25, -0.2) is 9.97 Å². The van der Waals surface area contributed by atoms with E-state index in [1.54, 1.807) is 33.6 Å². The molecule has 4 rings (SSSR count). The van der Waals surface area contributed by atoms with Crippen LogP contribution in [-0.4, -0.2) is 22.4 Å². The first-order chi connectivity index (χ1) is 13.6. The maximum absolute atomic E-state index is 13.0. The van der Waals surface area contributed by atoms with Crippen molar-refractivity contribution in [1.29, 1.82) is 0 Å². The number of carbonyl (C=O) groups excluding carboxylic acids is 1. The monoisotopic (exact) mass is 409 g/mol. The number of benzene rings is 1. The SMILES string of the molecule is C=CCN(C(=O)Cc1csc(-c2ccc(C)cc2)n1)c1nc2c(s1)CCCC2. The lowest BCUT2D eigenvalue weighted by Crippen LogP contribution is -2.32. The van der Waals surface area contributed by atoms with E-state index in [9.17, 15) is 4.79 Å². The van der Waals surface area contributed by atoms with Gasteiger partial charge in [-0.2, -0.15) is 0 Å². The van der Waals surface area contributed by atoms with Gasteiger partial charge in [-0.3, -0.25) is 9.69 Å². The number of fused-ring (bicyclic) bond motifs is 1. The third kappa shape index (κ3) is 4.08. The van der Waals surface area contributed by atoms with Gasteiger partial charge >= 0.3 is 0 Å². The molecule has 1 aliphatic rings. The Hall–Kier alpha value is -2.31. The molecule has 0 aliphatic heterocycles. The average Bonchev–Trinajstić information content (AvgIpc) is 3.33. The van der Waals surface area contributed by atoms with E-state index in [1.165, 1.54) is 29.0 Å². The number of carbonyl (C=O) groups is 1. The Morgan fingerprint density at radius 1 is 1.21 bits per heavy atom. The van der Waals surface area contributed by atoms with Gasteiger partial charge in [-0.15, -0.1) is 29.3 Å². The molecule has 0 saturated heterocycles. The van der Waals surface area contributed by atoms with Crippen molar-refractivity contribution in [3.05, 3.63) is 64.1 Å². The topological polar surface area (TPSA) is 46.1 Å². The number of nitrogens with zero attached hydrogens (tertiary/aromatic N) is 3. The van der Waals surface area contributed by atoms with Crippen LogP contribution in [0.1, 0.15) is 34.7 Å². The zero-order chi connectivity index (χ0) is 19.5. The van der Waals surface area contributed by atoms with Gasteiger partial charge in [0.1, 0.15) is 5.01 Å². The van der Waals surface area contributed by atoms with E-state index >= 15 is 0 Å². The molecule has 1 amide bonds. The Bertz CT molecular complexity index is 964. The molecule has 2 aromatic heterocycles. The first-order valence-corrected chi connectivity index (χ1v) is 11.2. The predicted molar refractivity (Wildman–Crippen MR) is 117 cm³/mol. The summed E-state index contributed by atoms with van der Waals surface area (Å²) in [5.41, 5.74) is 4.29. The maximum atomic E-state index is 13.0. The average molecular weight is 410 g/mol. The second-order valence-electron chi connectivity index (χ2n) is 7.05. The largest absolute Gasteiger partial charge is 0.284 e. The quantitative estimate of drug-likeness (QED) is 0.525. The Kier molecular flexibility index (Phi) is 5.69. The Morgan fingerprint density at radius 2 is 2.00 bits per heavy atom. The van der Waals surface area contributed by atoms with Crippen LogP contribution in [0.4, 0.5) is 5.13 Å². The van der Waals surface area contributed by atoms with Crippen molar-refractivity contribution in [2.75, 3.05) is 11.4 Å². The number of aryl methyl sites for hydroxylation is 3. The van der Waals surface area contributed by atoms with E-state index in [1.807, 2.05) is 5.38 Å². The first kappa shape index (κ1) is 19.0. The fourth-order valence-electron chi connectivity index (χ4n) is 3.34. The third-order valence-corrected chi connectivity index (χ3v) is 6.98. The minimum absolute atomic E-state index is 0.0201. The molecule has 4 nitrogen and oxygen atoms in total. The lowest BCUT2D eigenvalue weighted by atomic mass is 10.0. The molecule has 0 radical (unpaired) electrons. The molecule has 0 unspecified atom stereocenters. The molecule has 0 bridgehead atoms. The lowest BCUT2D eigenvalue weighted by molar-refractivity contribution is -0.117. The summed E-state index contributed by atoms with van der Waals surface area (Å²) in [6.45, 7) is 6.36. The van der Waals surface area contributed by atoms with Crippen LogP contribution in [0.5, 0.6) is 0 Å². The fraction of sp³-hybridized carbons (Fsp3) is 0.318. The van der Waals surface area contributed by atoms with E-state index in [-0.39, 0.29) is 12.3 Å². The van der Waals surface area contributed by atoms with E-state index in [0.29, 0.717) is 6.54 Å². The summed E-state index contributed by atoms with van der Waals surface area (Å²) >= 11 is 3.23. The molecule has 0 N–H and O–H groups in total. The minimum Gasteiger partial charge on any atom is -0.284 e. The summed E-state index contributed by atoms with van der Waals surface area (Å²) in [6.07, 6.45) is 6.54. The van der Waals surface area contributed by atoms with Crippen molar-refractivity contribution >= 4 is 33.7 Å². The highest BCUT2D eigenvalue weighted by molar-refractivity contribution is 7.16. The number of amides is 1. The summed E-state index contributed by atoms with van der Waals surface area (Å²) in [5.74, 6) is 0.0201. The number of hydrogen-bond donors (Lipinski definition) is 0. The van der Waals surface area contributed by atoms with Gasteiger partial charge < -0.3 is 0 Å². The number of thiazole rings is 2. The molecule has 2 heterocycles. The summed E-state index contributed by atoms with van der Waals surface area (Å²) in [4.78, 5) is 25.5. The molecule has 0 spiro atoms. The van der Waals surface area contributed by atoms with E-state index < -0.39 is 0 Å². The van der Waals surface area contributed by atoms with Crippen molar-refractivity contribution < 1.29 is 4.79 Å². The van der Waals surface area contributed by atoms with Crippen molar-refractivity contribution in [3.8, 4) is 10.6 Å². The lowest BCUT2D eigenvalue weighted by Gasteiger charge is -2.17. The van der Waals surface area contributed by atoms with Crippen LogP contribution in [0.15, 0.2) is 42.3 Å². The second-order valence-corrected chi connectivity index (χ2v) is 8.97. The van der Waals surface area contributed by atoms with Gasteiger partial charge in [0.2, 0.25) is 5.91 Å². The van der Waals surface area contributed by atoms with Crippen LogP contribution in [0.3, 0.4) is 0 Å². The molecule has 3 aromatic rings. The van der Waals surface area contributed by atoms with Gasteiger partial charge in [-0.1, -0.05) is 35.9 Å².